The van der Waals surface area contributed by atoms with Crippen LogP contribution in [0.1, 0.15) is 29.0 Å². The fourth-order valence-corrected chi connectivity index (χ4v) is 4.05. The summed E-state index contributed by atoms with van der Waals surface area (Å²) in [6, 6.07) is 16.7. The average Bonchev–Trinajstić information content (AvgIpc) is 3.26. The molecule has 2 aromatic heterocycles. The number of carboxylic acid groups (broad SMARTS) is 1. The Morgan fingerprint density at radius 2 is 1.89 bits per heavy atom. The molecule has 0 aliphatic carbocycles. The van der Waals surface area contributed by atoms with Crippen LogP contribution in [0.25, 0.3) is 11.1 Å². The van der Waals surface area contributed by atoms with Gasteiger partial charge in [-0.2, -0.15) is 4.98 Å². The van der Waals surface area contributed by atoms with Gasteiger partial charge >= 0.3 is 12.0 Å². The Kier molecular flexibility index (Phi) is 6.09. The van der Waals surface area contributed by atoms with Gasteiger partial charge in [0.2, 0.25) is 5.96 Å². The van der Waals surface area contributed by atoms with Crippen molar-refractivity contribution in [1.82, 2.24) is 15.3 Å². The molecule has 36 heavy (non-hydrogen) atoms. The minimum atomic E-state index is -1.20. The van der Waals surface area contributed by atoms with Gasteiger partial charge in [0.1, 0.15) is 17.3 Å². The number of anilines is 2. The highest BCUT2D eigenvalue weighted by atomic mass is 35.5. The summed E-state index contributed by atoms with van der Waals surface area (Å²) in [6.45, 7) is 1.73. The summed E-state index contributed by atoms with van der Waals surface area (Å²) in [6.07, 6.45) is 1.31. The molecule has 1 aliphatic heterocycles. The Bertz CT molecular complexity index is 1530. The Labute approximate surface area is 209 Å². The van der Waals surface area contributed by atoms with Crippen molar-refractivity contribution in [2.75, 3.05) is 10.6 Å². The van der Waals surface area contributed by atoms with Crippen molar-refractivity contribution in [2.24, 2.45) is 4.99 Å². The maximum atomic E-state index is 13.4. The summed E-state index contributed by atoms with van der Waals surface area (Å²) in [5, 5.41) is 18.5. The van der Waals surface area contributed by atoms with Crippen LogP contribution in [0, 0.1) is 0 Å². The van der Waals surface area contributed by atoms with Gasteiger partial charge in [0.25, 0.3) is 5.91 Å². The highest BCUT2D eigenvalue weighted by molar-refractivity contribution is 6.31. The van der Waals surface area contributed by atoms with Crippen LogP contribution in [0.3, 0.4) is 0 Å². The van der Waals surface area contributed by atoms with E-state index in [1.807, 2.05) is 18.2 Å². The van der Waals surface area contributed by atoms with E-state index in [4.69, 9.17) is 21.0 Å². The predicted octanol–water partition coefficient (Wildman–Crippen LogP) is 4.60. The number of benzene rings is 2. The molecule has 2 aromatic carbocycles. The van der Waals surface area contributed by atoms with Crippen molar-refractivity contribution in [2.45, 2.75) is 13.0 Å². The van der Waals surface area contributed by atoms with Crippen molar-refractivity contribution < 1.29 is 19.1 Å². The van der Waals surface area contributed by atoms with Gasteiger partial charge < -0.3 is 20.2 Å². The van der Waals surface area contributed by atoms with Crippen molar-refractivity contribution in [3.63, 3.8) is 0 Å². The number of oxazole rings is 1. The standard InChI is InChI=1S/C25H19ClN6O4/c1-13-20(22(33)29-14-10-11-27-18(12-14)23(34)35)21(15-6-2-3-7-16(15)26)31-24(28-13)32-25-30-17-8-4-5-9-19(17)36-25/h2-12,21H,1H3,(H,34,35)(H,27,29,33)(H2,28,30,31,32). The molecular weight excluding hydrogens is 484 g/mol. The molecule has 180 valence electrons. The van der Waals surface area contributed by atoms with E-state index in [2.05, 4.69) is 25.9 Å². The first kappa shape index (κ1) is 23.1. The van der Waals surface area contributed by atoms with E-state index in [9.17, 15) is 14.7 Å². The number of allylic oxidation sites excluding steroid dienone is 1. The number of nitrogens with zero attached hydrogens (tertiary/aromatic N) is 3. The smallest absolute Gasteiger partial charge is 0.354 e. The van der Waals surface area contributed by atoms with E-state index < -0.39 is 17.9 Å². The van der Waals surface area contributed by atoms with Gasteiger partial charge in [0.15, 0.2) is 5.58 Å². The summed E-state index contributed by atoms with van der Waals surface area (Å²) in [5.74, 6) is -1.36. The first-order valence-electron chi connectivity index (χ1n) is 10.8. The van der Waals surface area contributed by atoms with E-state index in [1.165, 1.54) is 18.3 Å². The molecule has 0 spiro atoms. The third-order valence-corrected chi connectivity index (χ3v) is 5.79. The summed E-state index contributed by atoms with van der Waals surface area (Å²) in [4.78, 5) is 37.5. The van der Waals surface area contributed by atoms with Crippen molar-refractivity contribution in [1.29, 1.82) is 0 Å². The molecule has 4 aromatic rings. The summed E-state index contributed by atoms with van der Waals surface area (Å²) in [5.41, 5.74) is 2.83. The van der Waals surface area contributed by atoms with Gasteiger partial charge in [-0.3, -0.25) is 10.1 Å². The molecule has 1 unspecified atom stereocenters. The fourth-order valence-electron chi connectivity index (χ4n) is 3.81. The SMILES string of the molecule is CC1=C(C(=O)Nc2ccnc(C(=O)O)c2)C(c2ccccc2Cl)N=C(Nc2nc3ccccc3o2)N1. The molecule has 1 atom stereocenters. The second-order valence-corrected chi connectivity index (χ2v) is 8.27. The monoisotopic (exact) mass is 502 g/mol. The number of nitrogens with one attached hydrogen (secondary N) is 3. The third kappa shape index (κ3) is 4.62. The lowest BCUT2D eigenvalue weighted by atomic mass is 9.95. The van der Waals surface area contributed by atoms with E-state index in [0.29, 0.717) is 38.9 Å². The molecule has 0 bridgehead atoms. The first-order chi connectivity index (χ1) is 17.4. The minimum Gasteiger partial charge on any atom is -0.477 e. The zero-order chi connectivity index (χ0) is 25.2. The predicted molar refractivity (Wildman–Crippen MR) is 135 cm³/mol. The summed E-state index contributed by atoms with van der Waals surface area (Å²) >= 11 is 6.48. The lowest BCUT2D eigenvalue weighted by molar-refractivity contribution is -0.113. The summed E-state index contributed by atoms with van der Waals surface area (Å²) < 4.78 is 5.74. The van der Waals surface area contributed by atoms with E-state index >= 15 is 0 Å². The van der Waals surface area contributed by atoms with Gasteiger partial charge in [-0.25, -0.2) is 14.8 Å². The van der Waals surface area contributed by atoms with Crippen molar-refractivity contribution >= 4 is 52.2 Å². The number of hydrogen-bond donors (Lipinski definition) is 4. The molecule has 0 radical (unpaired) electrons. The number of rotatable bonds is 5. The number of pyridine rings is 1. The van der Waals surface area contributed by atoms with Crippen LogP contribution in [-0.4, -0.2) is 32.9 Å². The quantitative estimate of drug-likeness (QED) is 0.310. The average molecular weight is 503 g/mol. The molecule has 4 N–H and O–H groups in total. The van der Waals surface area contributed by atoms with E-state index in [1.54, 1.807) is 37.3 Å². The normalized spacial score (nSPS) is 15.3. The van der Waals surface area contributed by atoms with Gasteiger partial charge in [0.05, 0.1) is 5.57 Å². The second-order valence-electron chi connectivity index (χ2n) is 7.87. The molecule has 10 nitrogen and oxygen atoms in total. The van der Waals surface area contributed by atoms with Crippen molar-refractivity contribution in [3.05, 3.63) is 94.4 Å². The zero-order valence-corrected chi connectivity index (χ0v) is 19.6. The Morgan fingerprint density at radius 1 is 1.11 bits per heavy atom. The number of carbonyl (C=O) groups is 2. The maximum absolute atomic E-state index is 13.4. The number of carbonyl (C=O) groups excluding carboxylic acids is 1. The number of aromatic carboxylic acids is 1. The van der Waals surface area contributed by atoms with Crippen LogP contribution in [0.5, 0.6) is 0 Å². The van der Waals surface area contributed by atoms with Gasteiger partial charge in [-0.05, 0) is 37.3 Å². The molecule has 0 saturated heterocycles. The zero-order valence-electron chi connectivity index (χ0n) is 18.8. The number of amides is 1. The highest BCUT2D eigenvalue weighted by Crippen LogP contribution is 2.35. The topological polar surface area (TPSA) is 142 Å². The highest BCUT2D eigenvalue weighted by Gasteiger charge is 2.31. The Hall–Kier alpha value is -4.70. The first-order valence-corrected chi connectivity index (χ1v) is 11.2. The van der Waals surface area contributed by atoms with Crippen LogP contribution in [0.4, 0.5) is 11.7 Å². The number of guanidine groups is 1. The minimum absolute atomic E-state index is 0.189. The number of aliphatic imine (C=N–C) groups is 1. The number of aromatic nitrogens is 2. The number of hydrogen-bond acceptors (Lipinski definition) is 8. The largest absolute Gasteiger partial charge is 0.477 e. The maximum Gasteiger partial charge on any atom is 0.354 e. The third-order valence-electron chi connectivity index (χ3n) is 5.44. The number of halogens is 1. The summed E-state index contributed by atoms with van der Waals surface area (Å²) in [7, 11) is 0. The van der Waals surface area contributed by atoms with Gasteiger partial charge in [-0.15, -0.1) is 0 Å². The van der Waals surface area contributed by atoms with Crippen LogP contribution in [-0.2, 0) is 4.79 Å². The lowest BCUT2D eigenvalue weighted by Crippen LogP contribution is -2.37. The van der Waals surface area contributed by atoms with Gasteiger partial charge in [0, 0.05) is 28.2 Å². The Balaban J connectivity index is 1.48. The molecule has 0 fully saturated rings. The molecule has 11 heteroatoms. The number of para-hydroxylation sites is 2. The molecule has 1 aliphatic rings. The van der Waals surface area contributed by atoms with E-state index in [0.717, 1.165) is 0 Å². The van der Waals surface area contributed by atoms with Crippen LogP contribution < -0.4 is 16.0 Å². The lowest BCUT2D eigenvalue weighted by Gasteiger charge is -2.27. The number of carboxylic acids is 1. The van der Waals surface area contributed by atoms with Crippen molar-refractivity contribution in [3.8, 4) is 0 Å². The molecular formula is C25H19ClN6O4. The van der Waals surface area contributed by atoms with Gasteiger partial charge in [-0.1, -0.05) is 41.9 Å². The molecule has 1 amide bonds. The van der Waals surface area contributed by atoms with Crippen LogP contribution in [0.2, 0.25) is 5.02 Å². The molecule has 0 saturated carbocycles. The number of fused-ring (bicyclic) bond motifs is 1. The fraction of sp³-hybridized carbons (Fsp3) is 0.0800. The Morgan fingerprint density at radius 3 is 2.67 bits per heavy atom. The molecule has 5 rings (SSSR count). The van der Waals surface area contributed by atoms with Crippen LogP contribution in [0.15, 0.2) is 87.5 Å². The van der Waals surface area contributed by atoms with E-state index in [-0.39, 0.29) is 17.4 Å². The van der Waals surface area contributed by atoms with Crippen LogP contribution >= 0.6 is 11.6 Å². The molecule has 3 heterocycles. The second kappa shape index (κ2) is 9.51.